The minimum atomic E-state index is 0.438. The molecule has 0 aromatic carbocycles. The summed E-state index contributed by atoms with van der Waals surface area (Å²) >= 11 is 5.13. The molecule has 1 aliphatic rings. The molecule has 1 saturated heterocycles. The molecule has 0 spiro atoms. The molecule has 19 heavy (non-hydrogen) atoms. The second-order valence-electron chi connectivity index (χ2n) is 5.66. The molecule has 104 valence electrons. The third kappa shape index (κ3) is 3.44. The van der Waals surface area contributed by atoms with Gasteiger partial charge in [0.05, 0.1) is 5.56 Å². The standard InChI is InChI=1S/C15H23N3S/c1-11(2)12-5-4-9-18(10-7-12)15-13(14(16)19)6-3-8-17-15/h3,6,8,11-12H,4-5,7,9-10H2,1-2H3,(H2,16,19). The summed E-state index contributed by atoms with van der Waals surface area (Å²) in [7, 11) is 0. The second-order valence-corrected chi connectivity index (χ2v) is 6.10. The van der Waals surface area contributed by atoms with Gasteiger partial charge in [0.1, 0.15) is 10.8 Å². The maximum absolute atomic E-state index is 5.80. The molecule has 1 fully saturated rings. The third-order valence-electron chi connectivity index (χ3n) is 4.07. The maximum atomic E-state index is 5.80. The molecule has 0 saturated carbocycles. The summed E-state index contributed by atoms with van der Waals surface area (Å²) in [6.07, 6.45) is 5.58. The van der Waals surface area contributed by atoms with Crippen LogP contribution in [-0.4, -0.2) is 23.1 Å². The van der Waals surface area contributed by atoms with Crippen LogP contribution in [0, 0.1) is 11.8 Å². The molecule has 1 aliphatic heterocycles. The van der Waals surface area contributed by atoms with Gasteiger partial charge in [-0.2, -0.15) is 0 Å². The Morgan fingerprint density at radius 3 is 2.89 bits per heavy atom. The molecule has 1 atom stereocenters. The molecule has 3 nitrogen and oxygen atoms in total. The van der Waals surface area contributed by atoms with Crippen molar-refractivity contribution in [2.45, 2.75) is 33.1 Å². The number of hydrogen-bond donors (Lipinski definition) is 1. The van der Waals surface area contributed by atoms with Crippen LogP contribution >= 0.6 is 12.2 Å². The molecule has 1 aromatic heterocycles. The van der Waals surface area contributed by atoms with Crippen molar-refractivity contribution < 1.29 is 0 Å². The first-order chi connectivity index (χ1) is 9.09. The lowest BCUT2D eigenvalue weighted by Crippen LogP contribution is -2.28. The molecule has 1 unspecified atom stereocenters. The van der Waals surface area contributed by atoms with Crippen LogP contribution in [0.3, 0.4) is 0 Å². The van der Waals surface area contributed by atoms with Gasteiger partial charge in [0.15, 0.2) is 0 Å². The maximum Gasteiger partial charge on any atom is 0.138 e. The van der Waals surface area contributed by atoms with E-state index in [1.54, 1.807) is 0 Å². The fourth-order valence-electron chi connectivity index (χ4n) is 2.84. The van der Waals surface area contributed by atoms with Gasteiger partial charge in [-0.25, -0.2) is 4.98 Å². The van der Waals surface area contributed by atoms with Gasteiger partial charge >= 0.3 is 0 Å². The first kappa shape index (κ1) is 14.3. The lowest BCUT2D eigenvalue weighted by Gasteiger charge is -2.24. The van der Waals surface area contributed by atoms with Crippen molar-refractivity contribution in [3.05, 3.63) is 23.9 Å². The number of rotatable bonds is 3. The Labute approximate surface area is 121 Å². The number of nitrogens with two attached hydrogens (primary N) is 1. The lowest BCUT2D eigenvalue weighted by atomic mass is 9.89. The SMILES string of the molecule is CC(C)C1CCCN(c2ncccc2C(N)=S)CC1. The van der Waals surface area contributed by atoms with E-state index in [0.717, 1.165) is 36.3 Å². The van der Waals surface area contributed by atoms with E-state index >= 15 is 0 Å². The molecular weight excluding hydrogens is 254 g/mol. The van der Waals surface area contributed by atoms with Gasteiger partial charge in [0.2, 0.25) is 0 Å². The van der Waals surface area contributed by atoms with E-state index in [4.69, 9.17) is 18.0 Å². The molecule has 0 radical (unpaired) electrons. The average molecular weight is 277 g/mol. The molecule has 2 rings (SSSR count). The summed E-state index contributed by atoms with van der Waals surface area (Å²) < 4.78 is 0. The summed E-state index contributed by atoms with van der Waals surface area (Å²) in [4.78, 5) is 7.28. The lowest BCUT2D eigenvalue weighted by molar-refractivity contribution is 0.351. The van der Waals surface area contributed by atoms with Crippen LogP contribution in [0.5, 0.6) is 0 Å². The molecule has 0 bridgehead atoms. The van der Waals surface area contributed by atoms with Gasteiger partial charge < -0.3 is 10.6 Å². The fourth-order valence-corrected chi connectivity index (χ4v) is 3.00. The van der Waals surface area contributed by atoms with Gasteiger partial charge in [-0.3, -0.25) is 0 Å². The van der Waals surface area contributed by atoms with Crippen LogP contribution in [0.25, 0.3) is 0 Å². The molecule has 0 aliphatic carbocycles. The Morgan fingerprint density at radius 1 is 1.42 bits per heavy atom. The van der Waals surface area contributed by atoms with Crippen molar-refractivity contribution in [2.24, 2.45) is 17.6 Å². The van der Waals surface area contributed by atoms with Crippen molar-refractivity contribution >= 4 is 23.0 Å². The number of hydrogen-bond acceptors (Lipinski definition) is 3. The van der Waals surface area contributed by atoms with Crippen molar-refractivity contribution in [3.63, 3.8) is 0 Å². The van der Waals surface area contributed by atoms with Crippen molar-refractivity contribution in [3.8, 4) is 0 Å². The summed E-state index contributed by atoms with van der Waals surface area (Å²) in [6.45, 7) is 6.74. The predicted molar refractivity (Wildman–Crippen MR) is 84.5 cm³/mol. The van der Waals surface area contributed by atoms with Gasteiger partial charge in [-0.05, 0) is 43.2 Å². The molecule has 0 amide bonds. The number of nitrogens with zero attached hydrogens (tertiary/aromatic N) is 2. The minimum Gasteiger partial charge on any atom is -0.389 e. The highest BCUT2D eigenvalue weighted by Gasteiger charge is 2.21. The number of anilines is 1. The monoisotopic (exact) mass is 277 g/mol. The van der Waals surface area contributed by atoms with Gasteiger partial charge in [-0.15, -0.1) is 0 Å². The molecule has 4 heteroatoms. The number of thiocarbonyl (C=S) groups is 1. The highest BCUT2D eigenvalue weighted by Crippen LogP contribution is 2.27. The van der Waals surface area contributed by atoms with Gasteiger partial charge in [0, 0.05) is 19.3 Å². The average Bonchev–Trinajstić information content (AvgIpc) is 2.64. The Balaban J connectivity index is 2.16. The van der Waals surface area contributed by atoms with Crippen LogP contribution in [0.4, 0.5) is 5.82 Å². The van der Waals surface area contributed by atoms with E-state index in [1.165, 1.54) is 19.3 Å². The third-order valence-corrected chi connectivity index (χ3v) is 4.29. The van der Waals surface area contributed by atoms with Crippen LogP contribution in [0.1, 0.15) is 38.7 Å². The zero-order valence-corrected chi connectivity index (χ0v) is 12.6. The van der Waals surface area contributed by atoms with Crippen LogP contribution in [0.2, 0.25) is 0 Å². The molecule has 2 heterocycles. The normalized spacial score (nSPS) is 20.4. The van der Waals surface area contributed by atoms with E-state index in [2.05, 4.69) is 23.7 Å². The van der Waals surface area contributed by atoms with Crippen LogP contribution in [0.15, 0.2) is 18.3 Å². The smallest absolute Gasteiger partial charge is 0.138 e. The highest BCUT2D eigenvalue weighted by atomic mass is 32.1. The van der Waals surface area contributed by atoms with Gasteiger partial charge in [0.25, 0.3) is 0 Å². The zero-order valence-electron chi connectivity index (χ0n) is 11.8. The Kier molecular flexibility index (Phi) is 4.75. The van der Waals surface area contributed by atoms with E-state index in [-0.39, 0.29) is 0 Å². The van der Waals surface area contributed by atoms with Crippen LogP contribution in [-0.2, 0) is 0 Å². The number of aromatic nitrogens is 1. The van der Waals surface area contributed by atoms with Gasteiger partial charge in [-0.1, -0.05) is 26.1 Å². The van der Waals surface area contributed by atoms with Crippen molar-refractivity contribution in [1.82, 2.24) is 4.98 Å². The fraction of sp³-hybridized carbons (Fsp3) is 0.600. The zero-order chi connectivity index (χ0) is 13.8. The first-order valence-electron chi connectivity index (χ1n) is 7.09. The summed E-state index contributed by atoms with van der Waals surface area (Å²) in [6, 6.07) is 3.86. The predicted octanol–water partition coefficient (Wildman–Crippen LogP) is 2.98. The molecule has 2 N–H and O–H groups in total. The van der Waals surface area contributed by atoms with E-state index in [1.807, 2.05) is 18.3 Å². The molecule has 1 aromatic rings. The number of pyridine rings is 1. The Hall–Kier alpha value is -1.16. The topological polar surface area (TPSA) is 42.2 Å². The summed E-state index contributed by atoms with van der Waals surface area (Å²) in [5.41, 5.74) is 6.70. The second kappa shape index (κ2) is 6.33. The Bertz CT molecular complexity index is 445. The van der Waals surface area contributed by atoms with E-state index in [0.29, 0.717) is 4.99 Å². The van der Waals surface area contributed by atoms with Crippen LogP contribution < -0.4 is 10.6 Å². The Morgan fingerprint density at radius 2 is 2.21 bits per heavy atom. The first-order valence-corrected chi connectivity index (χ1v) is 7.50. The van der Waals surface area contributed by atoms with E-state index < -0.39 is 0 Å². The highest BCUT2D eigenvalue weighted by molar-refractivity contribution is 7.80. The van der Waals surface area contributed by atoms with Crippen molar-refractivity contribution in [1.29, 1.82) is 0 Å². The quantitative estimate of drug-likeness (QED) is 0.863. The summed E-state index contributed by atoms with van der Waals surface area (Å²) in [5, 5.41) is 0. The largest absolute Gasteiger partial charge is 0.389 e. The van der Waals surface area contributed by atoms with E-state index in [9.17, 15) is 0 Å². The summed E-state index contributed by atoms with van der Waals surface area (Å²) in [5.74, 6) is 2.54. The molecular formula is C15H23N3S. The minimum absolute atomic E-state index is 0.438. The van der Waals surface area contributed by atoms with Crippen molar-refractivity contribution in [2.75, 3.05) is 18.0 Å².